The van der Waals surface area contributed by atoms with Crippen molar-refractivity contribution in [1.29, 1.82) is 0 Å². The second-order valence-electron chi connectivity index (χ2n) is 5.15. The van der Waals surface area contributed by atoms with Gasteiger partial charge in [0.15, 0.2) is 6.10 Å². The molecule has 1 heterocycles. The van der Waals surface area contributed by atoms with E-state index in [-0.39, 0.29) is 11.7 Å². The van der Waals surface area contributed by atoms with Crippen LogP contribution in [0.4, 0.5) is 0 Å². The minimum atomic E-state index is -0.708. The van der Waals surface area contributed by atoms with Crippen molar-refractivity contribution < 1.29 is 18.7 Å². The van der Waals surface area contributed by atoms with Crippen LogP contribution in [-0.2, 0) is 9.53 Å². The zero-order valence-corrected chi connectivity index (χ0v) is 12.5. The van der Waals surface area contributed by atoms with Crippen LogP contribution in [0.3, 0.4) is 0 Å². The number of rotatable bonds is 4. The summed E-state index contributed by atoms with van der Waals surface area (Å²) in [5.41, 5.74) is 0.899. The normalized spacial score (nSPS) is 12.4. The Morgan fingerprint density at radius 1 is 1.19 bits per heavy atom. The maximum Gasteiger partial charge on any atom is 0.347 e. The Balaban J connectivity index is 2.23. The van der Waals surface area contributed by atoms with E-state index < -0.39 is 12.1 Å². The molecule has 0 saturated carbocycles. The molecule has 1 atom stereocenters. The molecule has 0 saturated heterocycles. The fourth-order valence-electron chi connectivity index (χ4n) is 1.95. The number of fused-ring (bicyclic) bond motifs is 1. The third-order valence-corrected chi connectivity index (χ3v) is 2.92. The summed E-state index contributed by atoms with van der Waals surface area (Å²) in [5, 5.41) is 0.775. The highest BCUT2D eigenvalue weighted by Crippen LogP contribution is 2.23. The monoisotopic (exact) mass is 290 g/mol. The number of hydrogen-bond acceptors (Lipinski definition) is 5. The van der Waals surface area contributed by atoms with Crippen LogP contribution in [0.2, 0.25) is 0 Å². The minimum Gasteiger partial charge on any atom is -0.479 e. The van der Waals surface area contributed by atoms with Crippen LogP contribution in [0.1, 0.15) is 26.3 Å². The first-order valence-electron chi connectivity index (χ1n) is 6.78. The Kier molecular flexibility index (Phi) is 4.31. The lowest BCUT2D eigenvalue weighted by Crippen LogP contribution is -2.28. The molecule has 0 amide bonds. The molecule has 5 heteroatoms. The fraction of sp³-hybridized carbons (Fsp3) is 0.375. The Bertz CT molecular complexity index is 714. The summed E-state index contributed by atoms with van der Waals surface area (Å²) in [4.78, 5) is 23.0. The number of ether oxygens (including phenoxy) is 2. The van der Waals surface area contributed by atoms with Crippen LogP contribution in [0.25, 0.3) is 11.0 Å². The molecule has 0 bridgehead atoms. The van der Waals surface area contributed by atoms with Gasteiger partial charge in [0.05, 0.1) is 6.10 Å². The van der Waals surface area contributed by atoms with Gasteiger partial charge in [0.2, 0.25) is 0 Å². The summed E-state index contributed by atoms with van der Waals surface area (Å²) in [6.07, 6.45) is -0.891. The molecule has 112 valence electrons. The molecule has 1 aromatic carbocycles. The molecule has 0 aliphatic carbocycles. The average Bonchev–Trinajstić information content (AvgIpc) is 2.38. The van der Waals surface area contributed by atoms with Gasteiger partial charge in [-0.1, -0.05) is 0 Å². The van der Waals surface area contributed by atoms with Gasteiger partial charge in [0, 0.05) is 11.5 Å². The number of hydrogen-bond donors (Lipinski definition) is 0. The first-order valence-corrected chi connectivity index (χ1v) is 6.78. The van der Waals surface area contributed by atoms with Gasteiger partial charge in [0.25, 0.3) is 0 Å². The van der Waals surface area contributed by atoms with Crippen molar-refractivity contribution in [2.24, 2.45) is 0 Å². The van der Waals surface area contributed by atoms with E-state index in [0.29, 0.717) is 11.3 Å². The lowest BCUT2D eigenvalue weighted by atomic mass is 10.1. The van der Waals surface area contributed by atoms with E-state index in [1.165, 1.54) is 6.07 Å². The molecule has 0 aliphatic rings. The summed E-state index contributed by atoms with van der Waals surface area (Å²) in [6.45, 7) is 7.02. The third-order valence-electron chi connectivity index (χ3n) is 2.92. The second kappa shape index (κ2) is 5.99. The maximum absolute atomic E-state index is 11.7. The number of aryl methyl sites for hydroxylation is 1. The number of esters is 1. The SMILES string of the molecule is Cc1cc(=O)oc2ccc(O[C@H](C)C(=O)OC(C)C)cc12. The molecule has 0 N–H and O–H groups in total. The van der Waals surface area contributed by atoms with Crippen LogP contribution in [-0.4, -0.2) is 18.2 Å². The van der Waals surface area contributed by atoms with Crippen LogP contribution in [0, 0.1) is 6.92 Å². The predicted molar refractivity (Wildman–Crippen MR) is 78.5 cm³/mol. The van der Waals surface area contributed by atoms with Crippen LogP contribution in [0.15, 0.2) is 33.5 Å². The molecule has 0 unspecified atom stereocenters. The van der Waals surface area contributed by atoms with Crippen molar-refractivity contribution in [3.05, 3.63) is 40.2 Å². The molecule has 5 nitrogen and oxygen atoms in total. The number of carbonyl (C=O) groups excluding carboxylic acids is 1. The molecule has 21 heavy (non-hydrogen) atoms. The van der Waals surface area contributed by atoms with E-state index in [2.05, 4.69) is 0 Å². The first-order chi connectivity index (χ1) is 9.86. The lowest BCUT2D eigenvalue weighted by molar-refractivity contribution is -0.154. The molecule has 2 aromatic rings. The summed E-state index contributed by atoms with van der Waals surface area (Å²) in [6, 6.07) is 6.47. The minimum absolute atomic E-state index is 0.184. The van der Waals surface area contributed by atoms with Gasteiger partial charge in [0.1, 0.15) is 11.3 Å². The number of benzene rings is 1. The standard InChI is InChI=1S/C16H18O5/c1-9(2)19-16(18)11(4)20-12-5-6-14-13(8-12)10(3)7-15(17)21-14/h5-9,11H,1-4H3/t11-/m1/s1. The Morgan fingerprint density at radius 2 is 1.90 bits per heavy atom. The highest BCUT2D eigenvalue weighted by atomic mass is 16.6. The van der Waals surface area contributed by atoms with Crippen molar-refractivity contribution in [2.75, 3.05) is 0 Å². The maximum atomic E-state index is 11.7. The van der Waals surface area contributed by atoms with Gasteiger partial charge in [-0.25, -0.2) is 9.59 Å². The Hall–Kier alpha value is -2.30. The second-order valence-corrected chi connectivity index (χ2v) is 5.15. The summed E-state index contributed by atoms with van der Waals surface area (Å²) in [5.74, 6) is 0.106. The lowest BCUT2D eigenvalue weighted by Gasteiger charge is -2.16. The van der Waals surface area contributed by atoms with Crippen molar-refractivity contribution in [1.82, 2.24) is 0 Å². The highest BCUT2D eigenvalue weighted by molar-refractivity contribution is 5.81. The average molecular weight is 290 g/mol. The largest absolute Gasteiger partial charge is 0.479 e. The number of carbonyl (C=O) groups is 1. The van der Waals surface area contributed by atoms with Crippen molar-refractivity contribution in [3.8, 4) is 5.75 Å². The predicted octanol–water partition coefficient (Wildman–Crippen LogP) is 2.82. The smallest absolute Gasteiger partial charge is 0.347 e. The topological polar surface area (TPSA) is 65.7 Å². The van der Waals surface area contributed by atoms with Crippen molar-refractivity contribution >= 4 is 16.9 Å². The van der Waals surface area contributed by atoms with Gasteiger partial charge in [-0.3, -0.25) is 0 Å². The van der Waals surface area contributed by atoms with Gasteiger partial charge >= 0.3 is 11.6 Å². The van der Waals surface area contributed by atoms with Gasteiger partial charge < -0.3 is 13.9 Å². The molecule has 0 aliphatic heterocycles. The van der Waals surface area contributed by atoms with E-state index >= 15 is 0 Å². The van der Waals surface area contributed by atoms with Gasteiger partial charge in [-0.2, -0.15) is 0 Å². The first kappa shape index (κ1) is 15.1. The summed E-state index contributed by atoms with van der Waals surface area (Å²) < 4.78 is 15.8. The van der Waals surface area contributed by atoms with E-state index in [0.717, 1.165) is 10.9 Å². The van der Waals surface area contributed by atoms with Crippen molar-refractivity contribution in [2.45, 2.75) is 39.9 Å². The van der Waals surface area contributed by atoms with E-state index in [9.17, 15) is 9.59 Å². The molecule has 0 spiro atoms. The molecule has 0 fully saturated rings. The molecule has 1 aromatic heterocycles. The zero-order chi connectivity index (χ0) is 15.6. The van der Waals surface area contributed by atoms with E-state index in [1.807, 2.05) is 6.92 Å². The molecular formula is C16H18O5. The van der Waals surface area contributed by atoms with E-state index in [1.54, 1.807) is 39.0 Å². The zero-order valence-electron chi connectivity index (χ0n) is 12.5. The summed E-state index contributed by atoms with van der Waals surface area (Å²) in [7, 11) is 0. The Labute approximate surface area is 122 Å². The Morgan fingerprint density at radius 3 is 2.57 bits per heavy atom. The van der Waals surface area contributed by atoms with Crippen LogP contribution >= 0.6 is 0 Å². The summed E-state index contributed by atoms with van der Waals surface area (Å²) >= 11 is 0. The quantitative estimate of drug-likeness (QED) is 0.640. The third kappa shape index (κ3) is 3.62. The van der Waals surface area contributed by atoms with Crippen LogP contribution in [0.5, 0.6) is 5.75 Å². The molecular weight excluding hydrogens is 272 g/mol. The highest BCUT2D eigenvalue weighted by Gasteiger charge is 2.18. The van der Waals surface area contributed by atoms with E-state index in [4.69, 9.17) is 13.9 Å². The fourth-order valence-corrected chi connectivity index (χ4v) is 1.95. The van der Waals surface area contributed by atoms with Gasteiger partial charge in [-0.15, -0.1) is 0 Å². The molecule has 0 radical (unpaired) electrons. The van der Waals surface area contributed by atoms with Crippen LogP contribution < -0.4 is 10.4 Å². The van der Waals surface area contributed by atoms with Gasteiger partial charge in [-0.05, 0) is 51.5 Å². The van der Waals surface area contributed by atoms with Crippen molar-refractivity contribution in [3.63, 3.8) is 0 Å². The molecule has 2 rings (SSSR count).